The van der Waals surface area contributed by atoms with E-state index >= 15 is 0 Å². The third-order valence-electron chi connectivity index (χ3n) is 3.06. The molecule has 0 saturated heterocycles. The zero-order valence-corrected chi connectivity index (χ0v) is 13.8. The molecule has 1 unspecified atom stereocenters. The highest BCUT2D eigenvalue weighted by atomic mass is 79.9. The Bertz CT molecular complexity index is 736. The first-order valence-corrected chi connectivity index (χ1v) is 8.22. The molecule has 1 heterocycles. The number of benzene rings is 2. The molecule has 1 aromatic heterocycles. The van der Waals surface area contributed by atoms with Crippen LogP contribution in [0.3, 0.4) is 0 Å². The predicted octanol–water partition coefficient (Wildman–Crippen LogP) is 5.51. The Kier molecular flexibility index (Phi) is 3.76. The second-order valence-corrected chi connectivity index (χ2v) is 6.94. The molecule has 0 spiro atoms. The molecule has 3 rings (SSSR count). The lowest BCUT2D eigenvalue weighted by Crippen LogP contribution is -2.00. The molecule has 0 aliphatic rings. The average molecular weight is 398 g/mol. The maximum atomic E-state index is 10.7. The van der Waals surface area contributed by atoms with Gasteiger partial charge in [0.15, 0.2) is 0 Å². The molecule has 0 saturated carbocycles. The highest BCUT2D eigenvalue weighted by molar-refractivity contribution is 9.11. The zero-order chi connectivity index (χ0) is 13.4. The molecule has 96 valence electrons. The minimum absolute atomic E-state index is 0.630. The van der Waals surface area contributed by atoms with Gasteiger partial charge in [-0.1, -0.05) is 50.1 Å². The Morgan fingerprint density at radius 2 is 1.84 bits per heavy atom. The summed E-state index contributed by atoms with van der Waals surface area (Å²) in [5.74, 6) is 0. The van der Waals surface area contributed by atoms with E-state index in [4.69, 9.17) is 0 Å². The van der Waals surface area contributed by atoms with Crippen LogP contribution >= 0.6 is 43.2 Å². The second kappa shape index (κ2) is 5.37. The van der Waals surface area contributed by atoms with Crippen LogP contribution < -0.4 is 0 Å². The lowest BCUT2D eigenvalue weighted by atomic mass is 10.0. The number of aliphatic hydroxyl groups is 1. The van der Waals surface area contributed by atoms with Crippen molar-refractivity contribution in [1.82, 2.24) is 0 Å². The molecule has 1 nitrogen and oxygen atoms in total. The van der Waals surface area contributed by atoms with E-state index in [2.05, 4.69) is 49.4 Å². The first-order chi connectivity index (χ1) is 9.16. The van der Waals surface area contributed by atoms with E-state index < -0.39 is 6.10 Å². The largest absolute Gasteiger partial charge is 0.384 e. The fourth-order valence-electron chi connectivity index (χ4n) is 2.12. The zero-order valence-electron chi connectivity index (χ0n) is 9.81. The third kappa shape index (κ3) is 2.50. The van der Waals surface area contributed by atoms with Crippen LogP contribution in [0.5, 0.6) is 0 Å². The van der Waals surface area contributed by atoms with Crippen molar-refractivity contribution < 1.29 is 5.11 Å². The number of aliphatic hydroxyl groups excluding tert-OH is 1. The number of fused-ring (bicyclic) bond motifs is 1. The van der Waals surface area contributed by atoms with Crippen LogP contribution in [-0.2, 0) is 0 Å². The van der Waals surface area contributed by atoms with E-state index in [1.54, 1.807) is 11.3 Å². The van der Waals surface area contributed by atoms with Crippen LogP contribution in [0.2, 0.25) is 0 Å². The van der Waals surface area contributed by atoms with Crippen LogP contribution in [0.25, 0.3) is 10.1 Å². The molecule has 0 amide bonds. The Morgan fingerprint density at radius 1 is 1.00 bits per heavy atom. The lowest BCUT2D eigenvalue weighted by Gasteiger charge is -2.14. The van der Waals surface area contributed by atoms with Gasteiger partial charge in [-0.2, -0.15) is 0 Å². The number of thiophene rings is 1. The number of halogens is 2. The van der Waals surface area contributed by atoms with E-state index in [1.807, 2.05) is 30.3 Å². The first kappa shape index (κ1) is 13.3. The molecule has 4 heteroatoms. The number of hydrogen-bond donors (Lipinski definition) is 1. The normalized spacial score (nSPS) is 12.8. The SMILES string of the molecule is OC(c1cc(Br)ccc1Br)c1cccc2ccsc12. The van der Waals surface area contributed by atoms with Crippen molar-refractivity contribution in [3.05, 3.63) is 67.9 Å². The highest BCUT2D eigenvalue weighted by Crippen LogP contribution is 2.36. The van der Waals surface area contributed by atoms with Crippen LogP contribution in [0.4, 0.5) is 0 Å². The second-order valence-electron chi connectivity index (χ2n) is 4.25. The van der Waals surface area contributed by atoms with E-state index in [-0.39, 0.29) is 0 Å². The monoisotopic (exact) mass is 396 g/mol. The van der Waals surface area contributed by atoms with Gasteiger partial charge in [-0.05, 0) is 35.0 Å². The summed E-state index contributed by atoms with van der Waals surface area (Å²) < 4.78 is 3.02. The van der Waals surface area contributed by atoms with Crippen LogP contribution in [-0.4, -0.2) is 5.11 Å². The van der Waals surface area contributed by atoms with Gasteiger partial charge in [-0.15, -0.1) is 11.3 Å². The van der Waals surface area contributed by atoms with Crippen molar-refractivity contribution in [3.8, 4) is 0 Å². The molecule has 1 N–H and O–H groups in total. The van der Waals surface area contributed by atoms with Gasteiger partial charge in [0.2, 0.25) is 0 Å². The molecule has 1 atom stereocenters. The van der Waals surface area contributed by atoms with Crippen molar-refractivity contribution in [2.75, 3.05) is 0 Å². The molecule has 2 aromatic carbocycles. The molecule has 0 aliphatic carbocycles. The Balaban J connectivity index is 2.15. The summed E-state index contributed by atoms with van der Waals surface area (Å²) >= 11 is 8.62. The van der Waals surface area contributed by atoms with Crippen LogP contribution in [0.1, 0.15) is 17.2 Å². The van der Waals surface area contributed by atoms with Crippen LogP contribution in [0, 0.1) is 0 Å². The third-order valence-corrected chi connectivity index (χ3v) is 5.25. The number of rotatable bonds is 2. The van der Waals surface area contributed by atoms with Gasteiger partial charge in [0.05, 0.1) is 0 Å². The molecule has 0 fully saturated rings. The summed E-state index contributed by atoms with van der Waals surface area (Å²) in [5.41, 5.74) is 1.82. The molecule has 19 heavy (non-hydrogen) atoms. The van der Waals surface area contributed by atoms with Crippen molar-refractivity contribution in [2.45, 2.75) is 6.10 Å². The average Bonchev–Trinajstić information content (AvgIpc) is 2.89. The van der Waals surface area contributed by atoms with Crippen molar-refractivity contribution >= 4 is 53.3 Å². The predicted molar refractivity (Wildman–Crippen MR) is 87.7 cm³/mol. The summed E-state index contributed by atoms with van der Waals surface area (Å²) in [4.78, 5) is 0. The maximum absolute atomic E-state index is 10.7. The Hall–Kier alpha value is -0.680. The molecule has 0 bridgehead atoms. The van der Waals surface area contributed by atoms with Crippen molar-refractivity contribution in [2.24, 2.45) is 0 Å². The van der Waals surface area contributed by atoms with Crippen molar-refractivity contribution in [1.29, 1.82) is 0 Å². The van der Waals surface area contributed by atoms with Gasteiger partial charge < -0.3 is 5.11 Å². The van der Waals surface area contributed by atoms with Crippen LogP contribution in [0.15, 0.2) is 56.8 Å². The highest BCUT2D eigenvalue weighted by Gasteiger charge is 2.17. The van der Waals surface area contributed by atoms with E-state index in [0.717, 1.165) is 24.8 Å². The Labute approximate surface area is 132 Å². The Morgan fingerprint density at radius 3 is 2.68 bits per heavy atom. The first-order valence-electron chi connectivity index (χ1n) is 5.76. The molecule has 0 radical (unpaired) electrons. The standard InChI is InChI=1S/C15H10Br2OS/c16-10-4-5-13(17)12(8-10)14(18)11-3-1-2-9-6-7-19-15(9)11/h1-8,14,18H. The summed E-state index contributed by atoms with van der Waals surface area (Å²) in [5, 5.41) is 13.9. The van der Waals surface area contributed by atoms with E-state index in [9.17, 15) is 5.11 Å². The van der Waals surface area contributed by atoms with Gasteiger partial charge >= 0.3 is 0 Å². The van der Waals surface area contributed by atoms with Gasteiger partial charge in [0.1, 0.15) is 6.10 Å². The molecule has 0 aliphatic heterocycles. The van der Waals surface area contributed by atoms with Crippen molar-refractivity contribution in [3.63, 3.8) is 0 Å². The van der Waals surface area contributed by atoms with Gasteiger partial charge in [-0.25, -0.2) is 0 Å². The quantitative estimate of drug-likeness (QED) is 0.604. The molecule has 3 aromatic rings. The van der Waals surface area contributed by atoms with Gasteiger partial charge in [0.25, 0.3) is 0 Å². The lowest BCUT2D eigenvalue weighted by molar-refractivity contribution is 0.221. The molecular weight excluding hydrogens is 388 g/mol. The number of hydrogen-bond acceptors (Lipinski definition) is 2. The fourth-order valence-corrected chi connectivity index (χ4v) is 3.90. The summed E-state index contributed by atoms with van der Waals surface area (Å²) in [7, 11) is 0. The van der Waals surface area contributed by atoms with E-state index in [1.165, 1.54) is 5.39 Å². The summed E-state index contributed by atoms with van der Waals surface area (Å²) in [6.45, 7) is 0. The topological polar surface area (TPSA) is 20.2 Å². The van der Waals surface area contributed by atoms with Gasteiger partial charge in [-0.3, -0.25) is 0 Å². The summed E-state index contributed by atoms with van der Waals surface area (Å²) in [6, 6.07) is 13.9. The molecular formula is C15H10Br2OS. The maximum Gasteiger partial charge on any atom is 0.107 e. The fraction of sp³-hybridized carbons (Fsp3) is 0.0667. The van der Waals surface area contributed by atoms with E-state index in [0.29, 0.717) is 0 Å². The smallest absolute Gasteiger partial charge is 0.107 e. The van der Waals surface area contributed by atoms with Gasteiger partial charge in [0, 0.05) is 24.8 Å². The summed E-state index contributed by atoms with van der Waals surface area (Å²) in [6.07, 6.45) is -0.630. The minimum Gasteiger partial charge on any atom is -0.384 e. The minimum atomic E-state index is -0.630.